The van der Waals surface area contributed by atoms with Crippen molar-refractivity contribution in [2.24, 2.45) is 5.73 Å². The lowest BCUT2D eigenvalue weighted by atomic mass is 9.97. The van der Waals surface area contributed by atoms with Crippen molar-refractivity contribution in [2.45, 2.75) is 55.5 Å². The Morgan fingerprint density at radius 1 is 1.07 bits per heavy atom. The normalized spacial score (nSPS) is 26.5. The van der Waals surface area contributed by atoms with Gasteiger partial charge in [-0.2, -0.15) is 0 Å². The molecule has 2 N–H and O–H groups in total. The standard InChI is InChI=1S/C18H21Cl2NO7S/c1-8(22)25-7-12-16(26-9(2)23)15(21)17(27-10(3)24)18(28-12)29-13-6-4-5-11(19)14(13)20/h4-6,12,15-18H,7,21H2,1-3H3. The lowest BCUT2D eigenvalue weighted by molar-refractivity contribution is -0.201. The van der Waals surface area contributed by atoms with E-state index in [1.807, 2.05) is 0 Å². The maximum absolute atomic E-state index is 11.6. The number of halogens is 2. The van der Waals surface area contributed by atoms with Crippen LogP contribution in [-0.2, 0) is 33.3 Å². The Hall–Kier alpha value is -1.52. The largest absolute Gasteiger partial charge is 0.463 e. The fraction of sp³-hybridized carbons (Fsp3) is 0.500. The molecule has 5 unspecified atom stereocenters. The molecule has 0 spiro atoms. The summed E-state index contributed by atoms with van der Waals surface area (Å²) >= 11 is 13.5. The first-order valence-electron chi connectivity index (χ1n) is 8.59. The highest BCUT2D eigenvalue weighted by Crippen LogP contribution is 2.40. The lowest BCUT2D eigenvalue weighted by Crippen LogP contribution is -2.63. The van der Waals surface area contributed by atoms with Gasteiger partial charge in [-0.1, -0.05) is 41.0 Å². The summed E-state index contributed by atoms with van der Waals surface area (Å²) in [6.45, 7) is 3.48. The van der Waals surface area contributed by atoms with Gasteiger partial charge in [-0.05, 0) is 12.1 Å². The number of carbonyl (C=O) groups is 3. The third-order valence-corrected chi connectivity index (χ3v) is 6.05. The van der Waals surface area contributed by atoms with Crippen molar-refractivity contribution in [3.8, 4) is 0 Å². The van der Waals surface area contributed by atoms with Gasteiger partial charge in [-0.3, -0.25) is 14.4 Å². The predicted octanol–water partition coefficient (Wildman–Crippen LogP) is 2.56. The highest BCUT2D eigenvalue weighted by molar-refractivity contribution is 8.00. The van der Waals surface area contributed by atoms with Crippen LogP contribution >= 0.6 is 35.0 Å². The van der Waals surface area contributed by atoms with Crippen LogP contribution in [-0.4, -0.2) is 54.3 Å². The van der Waals surface area contributed by atoms with Gasteiger partial charge in [-0.15, -0.1) is 0 Å². The molecule has 11 heteroatoms. The monoisotopic (exact) mass is 465 g/mol. The van der Waals surface area contributed by atoms with E-state index in [9.17, 15) is 14.4 Å². The van der Waals surface area contributed by atoms with Crippen molar-refractivity contribution >= 4 is 52.9 Å². The van der Waals surface area contributed by atoms with Crippen LogP contribution in [0.3, 0.4) is 0 Å². The minimum absolute atomic E-state index is 0.200. The Balaban J connectivity index is 2.34. The van der Waals surface area contributed by atoms with Crippen molar-refractivity contribution < 1.29 is 33.3 Å². The first kappa shape index (κ1) is 23.8. The number of nitrogens with two attached hydrogens (primary N) is 1. The average Bonchev–Trinajstić information content (AvgIpc) is 2.62. The molecule has 1 aromatic carbocycles. The minimum atomic E-state index is -0.997. The van der Waals surface area contributed by atoms with Crippen molar-refractivity contribution in [3.05, 3.63) is 28.2 Å². The van der Waals surface area contributed by atoms with Gasteiger partial charge in [0.15, 0.2) is 6.10 Å². The van der Waals surface area contributed by atoms with E-state index in [0.29, 0.717) is 14.9 Å². The van der Waals surface area contributed by atoms with Gasteiger partial charge in [0.05, 0.1) is 16.1 Å². The molecule has 0 aromatic heterocycles. The molecule has 0 bridgehead atoms. The molecule has 0 aliphatic carbocycles. The molecule has 5 atom stereocenters. The summed E-state index contributed by atoms with van der Waals surface area (Å²) in [5, 5.41) is 0.645. The van der Waals surface area contributed by atoms with Crippen LogP contribution < -0.4 is 5.73 Å². The van der Waals surface area contributed by atoms with Crippen LogP contribution in [0.15, 0.2) is 23.1 Å². The van der Waals surface area contributed by atoms with Crippen LogP contribution in [0.1, 0.15) is 20.8 Å². The maximum atomic E-state index is 11.6. The molecule has 1 aliphatic rings. The number of rotatable bonds is 6. The second kappa shape index (κ2) is 10.5. The highest BCUT2D eigenvalue weighted by atomic mass is 35.5. The Labute approximate surface area is 182 Å². The fourth-order valence-electron chi connectivity index (χ4n) is 2.74. The third-order valence-electron chi connectivity index (χ3n) is 3.92. The summed E-state index contributed by atoms with van der Waals surface area (Å²) < 4.78 is 21.6. The Kier molecular flexibility index (Phi) is 8.59. The van der Waals surface area contributed by atoms with E-state index in [-0.39, 0.29) is 6.61 Å². The summed E-state index contributed by atoms with van der Waals surface area (Å²) in [5.74, 6) is -1.72. The van der Waals surface area contributed by atoms with Crippen molar-refractivity contribution in [1.82, 2.24) is 0 Å². The molecular formula is C18H21Cl2NO7S. The number of carbonyl (C=O) groups excluding carboxylic acids is 3. The van der Waals surface area contributed by atoms with E-state index >= 15 is 0 Å². The fourth-order valence-corrected chi connectivity index (χ4v) is 4.42. The predicted molar refractivity (Wildman–Crippen MR) is 107 cm³/mol. The van der Waals surface area contributed by atoms with Crippen LogP contribution in [0.5, 0.6) is 0 Å². The van der Waals surface area contributed by atoms with Gasteiger partial charge >= 0.3 is 17.9 Å². The van der Waals surface area contributed by atoms with Gasteiger partial charge in [0.25, 0.3) is 0 Å². The van der Waals surface area contributed by atoms with Crippen LogP contribution in [0, 0.1) is 0 Å². The van der Waals surface area contributed by atoms with Crippen LogP contribution in [0.25, 0.3) is 0 Å². The number of esters is 3. The second-order valence-electron chi connectivity index (χ2n) is 6.24. The number of benzene rings is 1. The van der Waals surface area contributed by atoms with Crippen LogP contribution in [0.2, 0.25) is 10.0 Å². The van der Waals surface area contributed by atoms with Crippen molar-refractivity contribution in [1.29, 1.82) is 0 Å². The number of ether oxygens (including phenoxy) is 4. The zero-order valence-electron chi connectivity index (χ0n) is 15.9. The number of hydrogen-bond acceptors (Lipinski definition) is 9. The molecule has 1 saturated heterocycles. The zero-order valence-corrected chi connectivity index (χ0v) is 18.3. The maximum Gasteiger partial charge on any atom is 0.303 e. The first-order chi connectivity index (χ1) is 13.6. The highest BCUT2D eigenvalue weighted by Gasteiger charge is 2.48. The van der Waals surface area contributed by atoms with E-state index < -0.39 is 47.7 Å². The number of thioether (sulfide) groups is 1. The summed E-state index contributed by atoms with van der Waals surface area (Å²) in [6.07, 6.45) is -2.84. The lowest BCUT2D eigenvalue weighted by Gasteiger charge is -2.43. The van der Waals surface area contributed by atoms with E-state index in [1.165, 1.54) is 20.8 Å². The summed E-state index contributed by atoms with van der Waals surface area (Å²) in [4.78, 5) is 35.0. The summed E-state index contributed by atoms with van der Waals surface area (Å²) in [5.41, 5.74) is 5.46. The molecule has 29 heavy (non-hydrogen) atoms. The summed E-state index contributed by atoms with van der Waals surface area (Å²) in [7, 11) is 0. The quantitative estimate of drug-likeness (QED) is 0.499. The molecule has 2 rings (SSSR count). The SMILES string of the molecule is CC(=O)OCC1OC(Sc2cccc(Cl)c2Cl)C(OC(C)=O)C(N)C1OC(C)=O. The van der Waals surface area contributed by atoms with Crippen molar-refractivity contribution in [2.75, 3.05) is 6.61 Å². The molecule has 160 valence electrons. The molecule has 8 nitrogen and oxygen atoms in total. The molecule has 1 aliphatic heterocycles. The summed E-state index contributed by atoms with van der Waals surface area (Å²) in [6, 6.07) is 4.12. The zero-order chi connectivity index (χ0) is 21.7. The molecule has 1 fully saturated rings. The van der Waals surface area contributed by atoms with Gasteiger partial charge in [0.1, 0.15) is 24.3 Å². The van der Waals surface area contributed by atoms with E-state index in [1.54, 1.807) is 18.2 Å². The van der Waals surface area contributed by atoms with E-state index in [4.69, 9.17) is 47.9 Å². The van der Waals surface area contributed by atoms with Gasteiger partial charge < -0.3 is 24.7 Å². The third kappa shape index (κ3) is 6.48. The Bertz CT molecular complexity index is 777. The average molecular weight is 466 g/mol. The van der Waals surface area contributed by atoms with Gasteiger partial charge in [0, 0.05) is 25.7 Å². The molecule has 1 heterocycles. The number of hydrogen-bond donors (Lipinski definition) is 1. The molecule has 1 aromatic rings. The molecule has 0 amide bonds. The first-order valence-corrected chi connectivity index (χ1v) is 10.2. The topological polar surface area (TPSA) is 114 Å². The minimum Gasteiger partial charge on any atom is -0.463 e. The Morgan fingerprint density at radius 2 is 1.69 bits per heavy atom. The molecule has 0 saturated carbocycles. The molecular weight excluding hydrogens is 445 g/mol. The second-order valence-corrected chi connectivity index (χ2v) is 8.17. The van der Waals surface area contributed by atoms with Crippen molar-refractivity contribution in [3.63, 3.8) is 0 Å². The van der Waals surface area contributed by atoms with Gasteiger partial charge in [-0.25, -0.2) is 0 Å². The van der Waals surface area contributed by atoms with E-state index in [0.717, 1.165) is 11.8 Å². The molecule has 0 radical (unpaired) electrons. The smallest absolute Gasteiger partial charge is 0.303 e. The van der Waals surface area contributed by atoms with E-state index in [2.05, 4.69) is 0 Å². The Morgan fingerprint density at radius 3 is 2.28 bits per heavy atom. The van der Waals surface area contributed by atoms with Gasteiger partial charge in [0.2, 0.25) is 0 Å². The van der Waals surface area contributed by atoms with Crippen LogP contribution in [0.4, 0.5) is 0 Å².